The van der Waals surface area contributed by atoms with Gasteiger partial charge in [-0.05, 0) is 37.4 Å². The molecule has 0 unspecified atom stereocenters. The molecule has 1 fully saturated rings. The zero-order valence-electron chi connectivity index (χ0n) is 15.4. The Morgan fingerprint density at radius 2 is 1.70 bits per heavy atom. The van der Waals surface area contributed by atoms with Gasteiger partial charge >= 0.3 is 0 Å². The summed E-state index contributed by atoms with van der Waals surface area (Å²) in [7, 11) is 3.74. The first-order chi connectivity index (χ1) is 13.0. The molecule has 4 nitrogen and oxygen atoms in total. The van der Waals surface area contributed by atoms with Crippen molar-refractivity contribution >= 4 is 40.4 Å². The van der Waals surface area contributed by atoms with E-state index in [0.29, 0.717) is 21.5 Å². The second-order valence-electron chi connectivity index (χ2n) is 6.45. The largest absolute Gasteiger partial charge is 0.493 e. The Hall–Kier alpha value is -1.53. The zero-order valence-corrected chi connectivity index (χ0v) is 17.7. The molecule has 1 heterocycles. The van der Waals surface area contributed by atoms with Gasteiger partial charge in [-0.2, -0.15) is 0 Å². The number of ether oxygens (including phenoxy) is 2. The van der Waals surface area contributed by atoms with E-state index in [9.17, 15) is 0 Å². The quantitative estimate of drug-likeness (QED) is 0.657. The van der Waals surface area contributed by atoms with Crippen LogP contribution in [0, 0.1) is 0 Å². The highest BCUT2D eigenvalue weighted by molar-refractivity contribution is 7.80. The van der Waals surface area contributed by atoms with Crippen LogP contribution in [0.2, 0.25) is 10.0 Å². The summed E-state index contributed by atoms with van der Waals surface area (Å²) in [6.45, 7) is 4.15. The van der Waals surface area contributed by atoms with Crippen molar-refractivity contribution < 1.29 is 9.47 Å². The summed E-state index contributed by atoms with van der Waals surface area (Å²) >= 11 is 18.1. The number of piperazine rings is 1. The third kappa shape index (κ3) is 4.85. The number of benzene rings is 2. The van der Waals surface area contributed by atoms with Gasteiger partial charge in [0.05, 0.1) is 7.11 Å². The van der Waals surface area contributed by atoms with Gasteiger partial charge in [-0.1, -0.05) is 41.5 Å². The van der Waals surface area contributed by atoms with Crippen LogP contribution in [0.5, 0.6) is 11.5 Å². The van der Waals surface area contributed by atoms with E-state index >= 15 is 0 Å². The molecule has 2 aromatic rings. The van der Waals surface area contributed by atoms with Crippen molar-refractivity contribution in [3.8, 4) is 11.5 Å². The first-order valence-electron chi connectivity index (χ1n) is 8.71. The molecular weight excluding hydrogens is 403 g/mol. The molecule has 2 aromatic carbocycles. The van der Waals surface area contributed by atoms with Crippen LogP contribution >= 0.6 is 35.4 Å². The van der Waals surface area contributed by atoms with Crippen LogP contribution in [0.1, 0.15) is 11.1 Å². The predicted molar refractivity (Wildman–Crippen MR) is 115 cm³/mol. The number of methoxy groups -OCH3 is 1. The van der Waals surface area contributed by atoms with Gasteiger partial charge in [-0.15, -0.1) is 0 Å². The lowest BCUT2D eigenvalue weighted by molar-refractivity contribution is 0.218. The summed E-state index contributed by atoms with van der Waals surface area (Å²) in [6, 6.07) is 11.2. The Kier molecular flexibility index (Phi) is 6.82. The number of hydrogen-bond donors (Lipinski definition) is 0. The molecule has 3 rings (SSSR count). The monoisotopic (exact) mass is 424 g/mol. The lowest BCUT2D eigenvalue weighted by atomic mass is 10.1. The molecule has 0 spiro atoms. The number of hydrogen-bond acceptors (Lipinski definition) is 4. The fourth-order valence-corrected chi connectivity index (χ4v) is 3.75. The molecule has 0 N–H and O–H groups in total. The number of likely N-dealkylation sites (N-methyl/N-ethyl adjacent to an activating group) is 1. The summed E-state index contributed by atoms with van der Waals surface area (Å²) in [5, 5.41) is 1.16. The van der Waals surface area contributed by atoms with Crippen LogP contribution in [0.15, 0.2) is 36.4 Å². The van der Waals surface area contributed by atoms with Gasteiger partial charge in [0.1, 0.15) is 11.6 Å². The van der Waals surface area contributed by atoms with E-state index in [1.54, 1.807) is 19.2 Å². The molecule has 0 aliphatic carbocycles. The van der Waals surface area contributed by atoms with Gasteiger partial charge < -0.3 is 19.3 Å². The van der Waals surface area contributed by atoms with Gasteiger partial charge in [0.25, 0.3) is 0 Å². The third-order valence-corrected chi connectivity index (χ3v) is 5.84. The van der Waals surface area contributed by atoms with Crippen molar-refractivity contribution in [3.05, 3.63) is 57.6 Å². The minimum Gasteiger partial charge on any atom is -0.493 e. The molecular formula is C20H22Cl2N2O2S. The first kappa shape index (κ1) is 20.2. The minimum absolute atomic E-state index is 0.261. The topological polar surface area (TPSA) is 24.9 Å². The van der Waals surface area contributed by atoms with Crippen molar-refractivity contribution in [2.45, 2.75) is 6.61 Å². The van der Waals surface area contributed by atoms with E-state index in [2.05, 4.69) is 16.8 Å². The van der Waals surface area contributed by atoms with Crippen molar-refractivity contribution in [2.75, 3.05) is 40.3 Å². The maximum atomic E-state index is 6.21. The average molecular weight is 425 g/mol. The Bertz CT molecular complexity index is 803. The maximum Gasteiger partial charge on any atom is 0.161 e. The first-order valence-corrected chi connectivity index (χ1v) is 9.87. The second-order valence-corrected chi connectivity index (χ2v) is 7.65. The number of halogens is 2. The SMILES string of the molecule is COc1cc(C(=S)N2CCN(C)CC2)ccc1OCc1c(Cl)cccc1Cl. The predicted octanol–water partition coefficient (Wildman–Crippen LogP) is 4.50. The van der Waals surface area contributed by atoms with Gasteiger partial charge in [0.2, 0.25) is 0 Å². The summed E-state index contributed by atoms with van der Waals surface area (Å²) in [5.74, 6) is 1.26. The summed E-state index contributed by atoms with van der Waals surface area (Å²) in [5.41, 5.74) is 1.70. The second kappa shape index (κ2) is 9.11. The fourth-order valence-electron chi connectivity index (χ4n) is 2.93. The van der Waals surface area contributed by atoms with Crippen LogP contribution in [0.25, 0.3) is 0 Å². The molecule has 0 amide bonds. The molecule has 1 aliphatic rings. The molecule has 7 heteroatoms. The third-order valence-electron chi connectivity index (χ3n) is 4.63. The van der Waals surface area contributed by atoms with Gasteiger partial charge in [0.15, 0.2) is 11.5 Å². The normalized spacial score (nSPS) is 14.9. The van der Waals surface area contributed by atoms with Gasteiger partial charge in [0, 0.05) is 47.4 Å². The van der Waals surface area contributed by atoms with Gasteiger partial charge in [-0.3, -0.25) is 0 Å². The standard InChI is InChI=1S/C20H22Cl2N2O2S/c1-23-8-10-24(11-9-23)20(27)14-6-7-18(19(12-14)25-2)26-13-15-16(21)4-3-5-17(15)22/h3-7,12H,8-11,13H2,1-2H3. The molecule has 1 saturated heterocycles. The van der Waals surface area contributed by atoms with Crippen LogP contribution in [0.3, 0.4) is 0 Å². The molecule has 0 atom stereocenters. The molecule has 27 heavy (non-hydrogen) atoms. The van der Waals surface area contributed by atoms with E-state index in [1.807, 2.05) is 24.3 Å². The lowest BCUT2D eigenvalue weighted by Crippen LogP contribution is -2.46. The number of thiocarbonyl (C=S) groups is 1. The van der Waals surface area contributed by atoms with E-state index in [1.165, 1.54) is 0 Å². The fraction of sp³-hybridized carbons (Fsp3) is 0.350. The van der Waals surface area contributed by atoms with Crippen LogP contribution in [-0.4, -0.2) is 55.1 Å². The molecule has 0 saturated carbocycles. The van der Waals surface area contributed by atoms with Gasteiger partial charge in [-0.25, -0.2) is 0 Å². The highest BCUT2D eigenvalue weighted by atomic mass is 35.5. The van der Waals surface area contributed by atoms with Crippen LogP contribution in [-0.2, 0) is 6.61 Å². The number of rotatable bonds is 5. The van der Waals surface area contributed by atoms with E-state index < -0.39 is 0 Å². The smallest absolute Gasteiger partial charge is 0.161 e. The van der Waals surface area contributed by atoms with E-state index in [0.717, 1.165) is 42.3 Å². The van der Waals surface area contributed by atoms with Crippen molar-refractivity contribution in [1.82, 2.24) is 9.80 Å². The highest BCUT2D eigenvalue weighted by Crippen LogP contribution is 2.32. The molecule has 1 aliphatic heterocycles. The van der Waals surface area contributed by atoms with Crippen molar-refractivity contribution in [1.29, 1.82) is 0 Å². The molecule has 0 aromatic heterocycles. The maximum absolute atomic E-state index is 6.21. The molecule has 0 bridgehead atoms. The van der Waals surface area contributed by atoms with Crippen molar-refractivity contribution in [3.63, 3.8) is 0 Å². The summed E-state index contributed by atoms with van der Waals surface area (Å²) in [6.07, 6.45) is 0. The Morgan fingerprint density at radius 1 is 1.04 bits per heavy atom. The lowest BCUT2D eigenvalue weighted by Gasteiger charge is -2.34. The summed E-state index contributed by atoms with van der Waals surface area (Å²) < 4.78 is 11.4. The Balaban J connectivity index is 1.73. The van der Waals surface area contributed by atoms with Crippen LogP contribution in [0.4, 0.5) is 0 Å². The van der Waals surface area contributed by atoms with E-state index in [-0.39, 0.29) is 6.61 Å². The zero-order chi connectivity index (χ0) is 19.4. The molecule has 0 radical (unpaired) electrons. The minimum atomic E-state index is 0.261. The Labute approximate surface area is 175 Å². The number of nitrogens with zero attached hydrogens (tertiary/aromatic N) is 2. The highest BCUT2D eigenvalue weighted by Gasteiger charge is 2.19. The Morgan fingerprint density at radius 3 is 2.33 bits per heavy atom. The molecule has 144 valence electrons. The van der Waals surface area contributed by atoms with Crippen molar-refractivity contribution in [2.24, 2.45) is 0 Å². The van der Waals surface area contributed by atoms with E-state index in [4.69, 9.17) is 44.9 Å². The summed E-state index contributed by atoms with van der Waals surface area (Å²) in [4.78, 5) is 5.37. The van der Waals surface area contributed by atoms with Crippen LogP contribution < -0.4 is 9.47 Å². The average Bonchev–Trinajstić information content (AvgIpc) is 2.67.